The number of carbonyl (C=O) groups is 2. The van der Waals surface area contributed by atoms with Crippen LogP contribution in [-0.2, 0) is 15.3 Å². The Morgan fingerprint density at radius 2 is 1.75 bits per heavy atom. The van der Waals surface area contributed by atoms with E-state index in [4.69, 9.17) is 9.72 Å². The Morgan fingerprint density at radius 3 is 2.47 bits per heavy atom. The SMILES string of the molecule is CC(=O)N1CCN(c2cc(C)nc(SCc3cccc(C(=O)N4CCOCC4)c3)n2)CC1. The van der Waals surface area contributed by atoms with Crippen molar-refractivity contribution in [2.24, 2.45) is 0 Å². The maximum Gasteiger partial charge on any atom is 0.254 e. The van der Waals surface area contributed by atoms with Crippen LogP contribution < -0.4 is 4.90 Å². The maximum absolute atomic E-state index is 12.8. The van der Waals surface area contributed by atoms with Gasteiger partial charge in [0.05, 0.1) is 13.2 Å². The molecule has 170 valence electrons. The Bertz CT molecular complexity index is 972. The number of amides is 2. The molecule has 0 spiro atoms. The van der Waals surface area contributed by atoms with Gasteiger partial charge in [0.15, 0.2) is 5.16 Å². The van der Waals surface area contributed by atoms with Crippen LogP contribution in [0.3, 0.4) is 0 Å². The summed E-state index contributed by atoms with van der Waals surface area (Å²) in [7, 11) is 0. The third kappa shape index (κ3) is 5.58. The number of piperazine rings is 1. The molecule has 0 N–H and O–H groups in total. The first-order chi connectivity index (χ1) is 15.5. The van der Waals surface area contributed by atoms with E-state index in [1.165, 1.54) is 0 Å². The van der Waals surface area contributed by atoms with Crippen molar-refractivity contribution in [2.45, 2.75) is 24.8 Å². The molecule has 1 aromatic carbocycles. The van der Waals surface area contributed by atoms with Crippen molar-refractivity contribution in [3.63, 3.8) is 0 Å². The van der Waals surface area contributed by atoms with Gasteiger partial charge in [-0.05, 0) is 24.6 Å². The molecule has 2 aromatic rings. The first-order valence-electron chi connectivity index (χ1n) is 10.9. The number of ether oxygens (including phenoxy) is 1. The summed E-state index contributed by atoms with van der Waals surface area (Å²) in [5.74, 6) is 1.76. The number of hydrogen-bond donors (Lipinski definition) is 0. The number of rotatable bonds is 5. The Morgan fingerprint density at radius 1 is 1.00 bits per heavy atom. The summed E-state index contributed by atoms with van der Waals surface area (Å²) in [5, 5.41) is 0.721. The molecule has 2 fully saturated rings. The summed E-state index contributed by atoms with van der Waals surface area (Å²) in [5.41, 5.74) is 2.69. The number of aromatic nitrogens is 2. The molecule has 32 heavy (non-hydrogen) atoms. The molecular formula is C23H29N5O3S. The fourth-order valence-electron chi connectivity index (χ4n) is 3.89. The molecule has 0 atom stereocenters. The molecule has 8 nitrogen and oxygen atoms in total. The van der Waals surface area contributed by atoms with Crippen molar-refractivity contribution in [3.05, 3.63) is 47.2 Å². The van der Waals surface area contributed by atoms with E-state index >= 15 is 0 Å². The summed E-state index contributed by atoms with van der Waals surface area (Å²) >= 11 is 1.57. The highest BCUT2D eigenvalue weighted by Gasteiger charge is 2.21. The van der Waals surface area contributed by atoms with E-state index in [1.807, 2.05) is 47.1 Å². The van der Waals surface area contributed by atoms with E-state index in [2.05, 4.69) is 9.88 Å². The quantitative estimate of drug-likeness (QED) is 0.505. The normalized spacial score (nSPS) is 16.9. The predicted octanol–water partition coefficient (Wildman–Crippen LogP) is 2.22. The first-order valence-corrected chi connectivity index (χ1v) is 11.9. The molecule has 4 rings (SSSR count). The molecule has 0 radical (unpaired) electrons. The van der Waals surface area contributed by atoms with Gasteiger partial charge in [-0.1, -0.05) is 23.9 Å². The summed E-state index contributed by atoms with van der Waals surface area (Å²) in [6.07, 6.45) is 0. The smallest absolute Gasteiger partial charge is 0.254 e. The van der Waals surface area contributed by atoms with Gasteiger partial charge in [-0.15, -0.1) is 0 Å². The topological polar surface area (TPSA) is 78.9 Å². The molecule has 2 aliphatic heterocycles. The number of anilines is 1. The van der Waals surface area contributed by atoms with Crippen LogP contribution in [0.4, 0.5) is 5.82 Å². The minimum atomic E-state index is 0.0546. The molecule has 9 heteroatoms. The maximum atomic E-state index is 12.8. The van der Waals surface area contributed by atoms with Crippen LogP contribution in [0.1, 0.15) is 28.5 Å². The van der Waals surface area contributed by atoms with Crippen LogP contribution in [0, 0.1) is 6.92 Å². The highest BCUT2D eigenvalue weighted by atomic mass is 32.2. The average Bonchev–Trinajstić information content (AvgIpc) is 2.83. The number of aryl methyl sites for hydroxylation is 1. The number of benzene rings is 1. The van der Waals surface area contributed by atoms with Crippen LogP contribution in [-0.4, -0.2) is 84.1 Å². The van der Waals surface area contributed by atoms with Gasteiger partial charge < -0.3 is 19.4 Å². The minimum Gasteiger partial charge on any atom is -0.378 e. The van der Waals surface area contributed by atoms with E-state index in [0.717, 1.165) is 35.3 Å². The second-order valence-electron chi connectivity index (χ2n) is 8.04. The molecule has 2 aliphatic rings. The number of nitrogens with zero attached hydrogens (tertiary/aromatic N) is 5. The summed E-state index contributed by atoms with van der Waals surface area (Å²) in [4.78, 5) is 39.6. The fourth-order valence-corrected chi connectivity index (χ4v) is 4.74. The third-order valence-electron chi connectivity index (χ3n) is 5.71. The molecular weight excluding hydrogens is 426 g/mol. The summed E-state index contributed by atoms with van der Waals surface area (Å²) in [6.45, 7) is 9.02. The number of hydrogen-bond acceptors (Lipinski definition) is 7. The van der Waals surface area contributed by atoms with Crippen molar-refractivity contribution in [3.8, 4) is 0 Å². The fraction of sp³-hybridized carbons (Fsp3) is 0.478. The highest BCUT2D eigenvalue weighted by Crippen LogP contribution is 2.24. The Labute approximate surface area is 192 Å². The zero-order chi connectivity index (χ0) is 22.5. The third-order valence-corrected chi connectivity index (χ3v) is 6.63. The summed E-state index contributed by atoms with van der Waals surface area (Å²) in [6, 6.07) is 9.78. The largest absolute Gasteiger partial charge is 0.378 e. The monoisotopic (exact) mass is 455 g/mol. The second-order valence-corrected chi connectivity index (χ2v) is 8.98. The molecule has 3 heterocycles. The lowest BCUT2D eigenvalue weighted by molar-refractivity contribution is -0.129. The standard InChI is InChI=1S/C23H29N5O3S/c1-17-14-21(27-8-6-26(7-9-27)18(2)29)25-23(24-17)32-16-19-4-3-5-20(15-19)22(30)28-10-12-31-13-11-28/h3-5,14-15H,6-13,16H2,1-2H3. The molecule has 0 unspecified atom stereocenters. The molecule has 2 amide bonds. The van der Waals surface area contributed by atoms with E-state index < -0.39 is 0 Å². The molecule has 0 aliphatic carbocycles. The Kier molecular flexibility index (Phi) is 7.26. The van der Waals surface area contributed by atoms with Gasteiger partial charge in [0.1, 0.15) is 5.82 Å². The van der Waals surface area contributed by atoms with E-state index in [9.17, 15) is 9.59 Å². The lowest BCUT2D eigenvalue weighted by Crippen LogP contribution is -2.48. The Hall–Kier alpha value is -2.65. The van der Waals surface area contributed by atoms with Gasteiger partial charge in [-0.2, -0.15) is 0 Å². The van der Waals surface area contributed by atoms with Crippen LogP contribution >= 0.6 is 11.8 Å². The number of thioether (sulfide) groups is 1. The van der Waals surface area contributed by atoms with Gasteiger partial charge in [0, 0.05) is 69.3 Å². The molecule has 0 bridgehead atoms. The second kappa shape index (κ2) is 10.3. The minimum absolute atomic E-state index is 0.0546. The van der Waals surface area contributed by atoms with Crippen molar-refractivity contribution >= 4 is 29.4 Å². The van der Waals surface area contributed by atoms with Crippen molar-refractivity contribution in [1.82, 2.24) is 19.8 Å². The van der Waals surface area contributed by atoms with Gasteiger partial charge in [0.25, 0.3) is 5.91 Å². The van der Waals surface area contributed by atoms with Gasteiger partial charge >= 0.3 is 0 Å². The number of carbonyl (C=O) groups excluding carboxylic acids is 2. The lowest BCUT2D eigenvalue weighted by atomic mass is 10.1. The van der Waals surface area contributed by atoms with Crippen LogP contribution in [0.5, 0.6) is 0 Å². The molecule has 0 saturated carbocycles. The lowest BCUT2D eigenvalue weighted by Gasteiger charge is -2.35. The van der Waals surface area contributed by atoms with E-state index in [-0.39, 0.29) is 11.8 Å². The van der Waals surface area contributed by atoms with Gasteiger partial charge in [-0.25, -0.2) is 9.97 Å². The van der Waals surface area contributed by atoms with Gasteiger partial charge in [-0.3, -0.25) is 9.59 Å². The van der Waals surface area contributed by atoms with Crippen LogP contribution in [0.15, 0.2) is 35.5 Å². The van der Waals surface area contributed by atoms with E-state index in [0.29, 0.717) is 50.7 Å². The average molecular weight is 456 g/mol. The zero-order valence-electron chi connectivity index (χ0n) is 18.6. The number of morpholine rings is 1. The van der Waals surface area contributed by atoms with E-state index in [1.54, 1.807) is 18.7 Å². The van der Waals surface area contributed by atoms with Crippen molar-refractivity contribution in [2.75, 3.05) is 57.4 Å². The Balaban J connectivity index is 1.40. The zero-order valence-corrected chi connectivity index (χ0v) is 19.4. The molecule has 1 aromatic heterocycles. The first kappa shape index (κ1) is 22.5. The highest BCUT2D eigenvalue weighted by molar-refractivity contribution is 7.98. The van der Waals surface area contributed by atoms with Crippen molar-refractivity contribution < 1.29 is 14.3 Å². The molecule has 2 saturated heterocycles. The summed E-state index contributed by atoms with van der Waals surface area (Å²) < 4.78 is 5.34. The van der Waals surface area contributed by atoms with Crippen molar-refractivity contribution in [1.29, 1.82) is 0 Å². The van der Waals surface area contributed by atoms with Crippen LogP contribution in [0.25, 0.3) is 0 Å². The predicted molar refractivity (Wildman–Crippen MR) is 124 cm³/mol. The van der Waals surface area contributed by atoms with Crippen LogP contribution in [0.2, 0.25) is 0 Å². The van der Waals surface area contributed by atoms with Gasteiger partial charge in [0.2, 0.25) is 5.91 Å².